The summed E-state index contributed by atoms with van der Waals surface area (Å²) >= 11 is 10.3. The monoisotopic (exact) mass is 562 g/mol. The van der Waals surface area contributed by atoms with E-state index in [9.17, 15) is 14.0 Å². The van der Waals surface area contributed by atoms with Crippen molar-refractivity contribution >= 4 is 56.5 Å². The average molecular weight is 564 g/mol. The molecule has 10 heteroatoms. The van der Waals surface area contributed by atoms with Gasteiger partial charge < -0.3 is 9.47 Å². The van der Waals surface area contributed by atoms with E-state index in [1.807, 2.05) is 12.1 Å². The summed E-state index contributed by atoms with van der Waals surface area (Å²) in [7, 11) is 1.51. The molecule has 6 nitrogen and oxygen atoms in total. The van der Waals surface area contributed by atoms with E-state index in [0.717, 1.165) is 22.2 Å². The number of rotatable bonds is 7. The van der Waals surface area contributed by atoms with Crippen molar-refractivity contribution in [3.63, 3.8) is 0 Å². The van der Waals surface area contributed by atoms with Crippen molar-refractivity contribution in [2.75, 3.05) is 7.11 Å². The zero-order valence-electron chi connectivity index (χ0n) is 17.8. The number of hydrogen-bond acceptors (Lipinski definition) is 6. The second-order valence-corrected chi connectivity index (χ2v) is 9.40. The number of amides is 2. The van der Waals surface area contributed by atoms with E-state index in [1.165, 1.54) is 25.3 Å². The fourth-order valence-electron chi connectivity index (χ4n) is 3.23. The number of methoxy groups -OCH3 is 1. The van der Waals surface area contributed by atoms with Gasteiger partial charge in [0.15, 0.2) is 11.5 Å². The molecule has 4 rings (SSSR count). The first kappa shape index (κ1) is 24.3. The summed E-state index contributed by atoms with van der Waals surface area (Å²) in [6.45, 7) is 0.0661. The van der Waals surface area contributed by atoms with Gasteiger partial charge >= 0.3 is 0 Å². The number of nitrogens with zero attached hydrogens (tertiary/aromatic N) is 2. The lowest BCUT2D eigenvalue weighted by Gasteiger charge is -2.14. The smallest absolute Gasteiger partial charge is 0.293 e. The molecular formula is C24H17BrClFN2O4S. The molecule has 0 saturated carbocycles. The van der Waals surface area contributed by atoms with Crippen LogP contribution in [0.5, 0.6) is 11.5 Å². The molecule has 2 amide bonds. The molecule has 1 aliphatic heterocycles. The van der Waals surface area contributed by atoms with Crippen molar-refractivity contribution < 1.29 is 23.5 Å². The molecule has 174 valence electrons. The molecule has 0 spiro atoms. The quantitative estimate of drug-likeness (QED) is 0.307. The van der Waals surface area contributed by atoms with E-state index in [-0.39, 0.29) is 22.0 Å². The van der Waals surface area contributed by atoms with Crippen LogP contribution in [-0.2, 0) is 17.9 Å². The van der Waals surface area contributed by atoms with Gasteiger partial charge in [0.25, 0.3) is 11.1 Å². The van der Waals surface area contributed by atoms with Gasteiger partial charge in [-0.1, -0.05) is 17.7 Å². The Balaban J connectivity index is 1.56. The van der Waals surface area contributed by atoms with Crippen LogP contribution in [0.25, 0.3) is 6.08 Å². The van der Waals surface area contributed by atoms with Gasteiger partial charge in [0.05, 0.1) is 23.0 Å². The number of ether oxygens (including phenoxy) is 2. The zero-order valence-corrected chi connectivity index (χ0v) is 20.9. The Bertz CT molecular complexity index is 1270. The summed E-state index contributed by atoms with van der Waals surface area (Å²) < 4.78 is 26.1. The Hall–Kier alpha value is -2.88. The molecule has 0 N–H and O–H groups in total. The Morgan fingerprint density at radius 2 is 1.97 bits per heavy atom. The predicted octanol–water partition coefficient (Wildman–Crippen LogP) is 6.46. The van der Waals surface area contributed by atoms with Gasteiger partial charge in [0, 0.05) is 23.0 Å². The largest absolute Gasteiger partial charge is 0.493 e. The van der Waals surface area contributed by atoms with Crippen LogP contribution < -0.4 is 9.47 Å². The van der Waals surface area contributed by atoms with Gasteiger partial charge in [0.2, 0.25) is 0 Å². The van der Waals surface area contributed by atoms with Crippen molar-refractivity contribution in [1.82, 2.24) is 9.88 Å². The number of carbonyl (C=O) groups is 2. The molecule has 1 fully saturated rings. The van der Waals surface area contributed by atoms with Crippen LogP contribution in [-0.4, -0.2) is 28.1 Å². The first-order chi connectivity index (χ1) is 16.4. The summed E-state index contributed by atoms with van der Waals surface area (Å²) in [4.78, 5) is 30.5. The molecule has 0 radical (unpaired) electrons. The van der Waals surface area contributed by atoms with Gasteiger partial charge in [-0.15, -0.1) is 0 Å². The molecule has 0 atom stereocenters. The number of hydrogen-bond donors (Lipinski definition) is 0. The Morgan fingerprint density at radius 1 is 1.21 bits per heavy atom. The first-order valence-corrected chi connectivity index (χ1v) is 11.9. The summed E-state index contributed by atoms with van der Waals surface area (Å²) in [6, 6.07) is 11.4. The van der Waals surface area contributed by atoms with Gasteiger partial charge in [-0.25, -0.2) is 4.39 Å². The summed E-state index contributed by atoms with van der Waals surface area (Å²) in [6.07, 6.45) is 4.94. The van der Waals surface area contributed by atoms with Crippen molar-refractivity contribution in [3.05, 3.63) is 91.8 Å². The molecule has 0 unspecified atom stereocenters. The van der Waals surface area contributed by atoms with E-state index in [0.29, 0.717) is 28.1 Å². The second kappa shape index (κ2) is 10.6. The number of imide groups is 1. The van der Waals surface area contributed by atoms with Crippen molar-refractivity contribution in [2.45, 2.75) is 13.2 Å². The normalized spacial score (nSPS) is 14.7. The fraction of sp³-hybridized carbons (Fsp3) is 0.125. The standard InChI is InChI=1S/C24H17BrClFN2O4S/c1-32-20-10-15(9-17(25)22(20)33-13-14-5-7-28-8-6-14)11-21-23(30)29(24(31)34-21)12-16-18(26)3-2-4-19(16)27/h2-11H,12-13H2,1H3/b21-11-. The average Bonchev–Trinajstić information content (AvgIpc) is 3.08. The number of thioether (sulfide) groups is 1. The molecular weight excluding hydrogens is 547 g/mol. The lowest BCUT2D eigenvalue weighted by Crippen LogP contribution is -2.28. The van der Waals surface area contributed by atoms with E-state index in [4.69, 9.17) is 21.1 Å². The van der Waals surface area contributed by atoms with Gasteiger partial charge in [-0.2, -0.15) is 0 Å². The van der Waals surface area contributed by atoms with Crippen LogP contribution in [0.1, 0.15) is 16.7 Å². The molecule has 1 saturated heterocycles. The Kier molecular flexibility index (Phi) is 7.55. The maximum Gasteiger partial charge on any atom is 0.293 e. The highest BCUT2D eigenvalue weighted by molar-refractivity contribution is 9.10. The number of carbonyl (C=O) groups excluding carboxylic acids is 2. The Labute approximate surface area is 212 Å². The van der Waals surface area contributed by atoms with Crippen LogP contribution in [0.2, 0.25) is 5.02 Å². The minimum atomic E-state index is -0.577. The Morgan fingerprint density at radius 3 is 2.68 bits per heavy atom. The topological polar surface area (TPSA) is 68.7 Å². The number of aromatic nitrogens is 1. The van der Waals surface area contributed by atoms with E-state index < -0.39 is 17.0 Å². The summed E-state index contributed by atoms with van der Waals surface area (Å²) in [5.41, 5.74) is 1.65. The maximum atomic E-state index is 14.1. The number of halogens is 3. The summed E-state index contributed by atoms with van der Waals surface area (Å²) in [5.74, 6) is -0.153. The predicted molar refractivity (Wildman–Crippen MR) is 132 cm³/mol. The number of benzene rings is 2. The molecule has 1 aromatic heterocycles. The SMILES string of the molecule is COc1cc(/C=C2\SC(=O)N(Cc3c(F)cccc3Cl)C2=O)cc(Br)c1OCc1ccncc1. The third-order valence-electron chi connectivity index (χ3n) is 4.93. The third-order valence-corrected chi connectivity index (χ3v) is 6.78. The zero-order chi connectivity index (χ0) is 24.2. The maximum absolute atomic E-state index is 14.1. The summed E-state index contributed by atoms with van der Waals surface area (Å²) in [5, 5.41) is -0.349. The highest BCUT2D eigenvalue weighted by atomic mass is 79.9. The molecule has 3 aromatic rings. The third kappa shape index (κ3) is 5.27. The molecule has 0 aliphatic carbocycles. The number of pyridine rings is 1. The molecule has 2 heterocycles. The van der Waals surface area contributed by atoms with Crippen LogP contribution in [0.3, 0.4) is 0 Å². The van der Waals surface area contributed by atoms with Gasteiger partial charge in [0.1, 0.15) is 12.4 Å². The highest BCUT2D eigenvalue weighted by Crippen LogP contribution is 2.40. The highest BCUT2D eigenvalue weighted by Gasteiger charge is 2.36. The van der Waals surface area contributed by atoms with Crippen molar-refractivity contribution in [3.8, 4) is 11.5 Å². The van der Waals surface area contributed by atoms with Crippen LogP contribution in [0.15, 0.2) is 64.2 Å². The van der Waals surface area contributed by atoms with E-state index in [1.54, 1.807) is 30.6 Å². The van der Waals surface area contributed by atoms with Gasteiger partial charge in [-0.05, 0) is 81.3 Å². The fourth-order valence-corrected chi connectivity index (χ4v) is 4.86. The minimum Gasteiger partial charge on any atom is -0.493 e. The first-order valence-electron chi connectivity index (χ1n) is 9.95. The lowest BCUT2D eigenvalue weighted by atomic mass is 10.1. The molecule has 0 bridgehead atoms. The molecule has 34 heavy (non-hydrogen) atoms. The van der Waals surface area contributed by atoms with Crippen LogP contribution >= 0.6 is 39.3 Å². The lowest BCUT2D eigenvalue weighted by molar-refractivity contribution is -0.123. The van der Waals surface area contributed by atoms with Crippen LogP contribution in [0, 0.1) is 5.82 Å². The van der Waals surface area contributed by atoms with E-state index >= 15 is 0 Å². The molecule has 2 aromatic carbocycles. The minimum absolute atomic E-state index is 0.0906. The molecule has 1 aliphatic rings. The van der Waals surface area contributed by atoms with Crippen molar-refractivity contribution in [2.24, 2.45) is 0 Å². The van der Waals surface area contributed by atoms with Gasteiger partial charge in [-0.3, -0.25) is 19.5 Å². The van der Waals surface area contributed by atoms with Crippen LogP contribution in [0.4, 0.5) is 9.18 Å². The van der Waals surface area contributed by atoms with E-state index in [2.05, 4.69) is 20.9 Å². The second-order valence-electron chi connectivity index (χ2n) is 7.15. The van der Waals surface area contributed by atoms with Crippen molar-refractivity contribution in [1.29, 1.82) is 0 Å².